The summed E-state index contributed by atoms with van der Waals surface area (Å²) in [6.45, 7) is 3.48. The SMILES string of the molecule is CCCCCCCNC(=O)Oc1c(Cl)cc2c(c1Cl)CN1C(=N2)C2CCC1C2. The van der Waals surface area contributed by atoms with Gasteiger partial charge in [0.15, 0.2) is 5.75 Å². The van der Waals surface area contributed by atoms with Crippen LogP contribution < -0.4 is 10.1 Å². The number of nitrogens with zero attached hydrogens (tertiary/aromatic N) is 2. The van der Waals surface area contributed by atoms with Gasteiger partial charge in [-0.15, -0.1) is 0 Å². The number of piperidine rings is 1. The van der Waals surface area contributed by atoms with Crippen LogP contribution in [0.15, 0.2) is 11.1 Å². The summed E-state index contributed by atoms with van der Waals surface area (Å²) in [6.07, 6.45) is 8.77. The van der Waals surface area contributed by atoms with Gasteiger partial charge in [-0.2, -0.15) is 0 Å². The number of amides is 1. The molecule has 7 heteroatoms. The van der Waals surface area contributed by atoms with Crippen molar-refractivity contribution in [2.45, 2.75) is 70.9 Å². The van der Waals surface area contributed by atoms with E-state index in [4.69, 9.17) is 32.9 Å². The van der Waals surface area contributed by atoms with E-state index in [0.29, 0.717) is 35.1 Å². The second-order valence-electron chi connectivity index (χ2n) is 7.99. The molecule has 2 fully saturated rings. The Kier molecular flexibility index (Phi) is 6.02. The molecule has 5 nitrogen and oxygen atoms in total. The highest BCUT2D eigenvalue weighted by molar-refractivity contribution is 6.38. The van der Waals surface area contributed by atoms with E-state index in [-0.39, 0.29) is 5.75 Å². The molecule has 1 amide bonds. The van der Waals surface area contributed by atoms with Crippen molar-refractivity contribution in [3.63, 3.8) is 0 Å². The smallest absolute Gasteiger partial charge is 0.407 e. The van der Waals surface area contributed by atoms with Crippen molar-refractivity contribution in [3.8, 4) is 5.75 Å². The maximum atomic E-state index is 12.2. The fourth-order valence-corrected chi connectivity index (χ4v) is 5.16. The number of carbonyl (C=O) groups is 1. The Labute approximate surface area is 176 Å². The number of carbonyl (C=O) groups excluding carboxylic acids is 1. The lowest BCUT2D eigenvalue weighted by Gasteiger charge is -2.34. The zero-order valence-corrected chi connectivity index (χ0v) is 17.8. The van der Waals surface area contributed by atoms with E-state index in [1.165, 1.54) is 44.4 Å². The van der Waals surface area contributed by atoms with E-state index < -0.39 is 6.09 Å². The molecule has 1 aliphatic carbocycles. The molecule has 0 radical (unpaired) electrons. The third-order valence-electron chi connectivity index (χ3n) is 6.07. The maximum Gasteiger partial charge on any atom is 0.412 e. The average molecular weight is 424 g/mol. The molecule has 2 bridgehead atoms. The predicted octanol–water partition coefficient (Wildman–Crippen LogP) is 6.08. The van der Waals surface area contributed by atoms with Gasteiger partial charge in [0, 0.05) is 30.6 Å². The number of ether oxygens (including phenoxy) is 1. The van der Waals surface area contributed by atoms with Crippen molar-refractivity contribution in [2.24, 2.45) is 10.9 Å². The van der Waals surface area contributed by atoms with Gasteiger partial charge < -0.3 is 15.0 Å². The van der Waals surface area contributed by atoms with Crippen LogP contribution in [-0.2, 0) is 6.54 Å². The summed E-state index contributed by atoms with van der Waals surface area (Å²) in [7, 11) is 0. The van der Waals surface area contributed by atoms with Crippen LogP contribution in [0.2, 0.25) is 10.0 Å². The molecule has 2 aliphatic heterocycles. The molecular weight excluding hydrogens is 397 g/mol. The van der Waals surface area contributed by atoms with Crippen LogP contribution >= 0.6 is 23.2 Å². The largest absolute Gasteiger partial charge is 0.412 e. The summed E-state index contributed by atoms with van der Waals surface area (Å²) in [6, 6.07) is 2.33. The molecule has 2 heterocycles. The van der Waals surface area contributed by atoms with Crippen LogP contribution in [-0.4, -0.2) is 29.4 Å². The van der Waals surface area contributed by atoms with Crippen molar-refractivity contribution >= 4 is 40.8 Å². The van der Waals surface area contributed by atoms with Gasteiger partial charge in [-0.05, 0) is 31.7 Å². The van der Waals surface area contributed by atoms with Gasteiger partial charge in [-0.1, -0.05) is 55.8 Å². The minimum Gasteiger partial charge on any atom is -0.407 e. The van der Waals surface area contributed by atoms with Crippen LogP contribution in [0.5, 0.6) is 5.75 Å². The molecule has 3 aliphatic rings. The molecule has 0 aromatic heterocycles. The summed E-state index contributed by atoms with van der Waals surface area (Å²) in [5.74, 6) is 1.97. The number of aliphatic imine (C=N–C) groups is 1. The molecule has 1 saturated carbocycles. The number of rotatable bonds is 7. The summed E-state index contributed by atoms with van der Waals surface area (Å²) in [5, 5.41) is 3.50. The number of fused-ring (bicyclic) bond motifs is 6. The fraction of sp³-hybridized carbons (Fsp3) is 0.619. The highest BCUT2D eigenvalue weighted by Gasteiger charge is 2.45. The Bertz CT molecular complexity index is 796. The van der Waals surface area contributed by atoms with Crippen molar-refractivity contribution in [3.05, 3.63) is 21.7 Å². The Morgan fingerprint density at radius 2 is 2.11 bits per heavy atom. The lowest BCUT2D eigenvalue weighted by molar-refractivity contribution is 0.200. The molecule has 28 heavy (non-hydrogen) atoms. The fourth-order valence-electron chi connectivity index (χ4n) is 4.57. The first-order valence-corrected chi connectivity index (χ1v) is 11.2. The van der Waals surface area contributed by atoms with Crippen molar-refractivity contribution in [1.82, 2.24) is 10.2 Å². The van der Waals surface area contributed by atoms with Gasteiger partial charge in [-0.3, -0.25) is 0 Å². The van der Waals surface area contributed by atoms with E-state index >= 15 is 0 Å². The Morgan fingerprint density at radius 3 is 2.93 bits per heavy atom. The van der Waals surface area contributed by atoms with Crippen LogP contribution in [0.25, 0.3) is 0 Å². The van der Waals surface area contributed by atoms with Crippen LogP contribution in [0.1, 0.15) is 63.9 Å². The quantitative estimate of drug-likeness (QED) is 0.540. The van der Waals surface area contributed by atoms with E-state index in [1.54, 1.807) is 6.07 Å². The van der Waals surface area contributed by atoms with E-state index in [0.717, 1.165) is 24.1 Å². The summed E-state index contributed by atoms with van der Waals surface area (Å²) >= 11 is 13.0. The van der Waals surface area contributed by atoms with Gasteiger partial charge in [-0.25, -0.2) is 9.79 Å². The Balaban J connectivity index is 1.42. The second-order valence-corrected chi connectivity index (χ2v) is 8.78. The van der Waals surface area contributed by atoms with Crippen LogP contribution in [0, 0.1) is 5.92 Å². The van der Waals surface area contributed by atoms with E-state index in [9.17, 15) is 4.79 Å². The molecule has 0 spiro atoms. The van der Waals surface area contributed by atoms with Crippen LogP contribution in [0.3, 0.4) is 0 Å². The number of unbranched alkanes of at least 4 members (excludes halogenated alkanes) is 4. The molecule has 1 saturated heterocycles. The lowest BCUT2D eigenvalue weighted by Crippen LogP contribution is -2.38. The third-order valence-corrected chi connectivity index (χ3v) is 6.75. The lowest BCUT2D eigenvalue weighted by atomic mass is 10.0. The number of hydrogen-bond acceptors (Lipinski definition) is 4. The zero-order chi connectivity index (χ0) is 19.7. The number of nitrogens with one attached hydrogen (secondary N) is 1. The first-order valence-electron chi connectivity index (χ1n) is 10.4. The average Bonchev–Trinajstić information content (AvgIpc) is 3.29. The molecule has 1 N–H and O–H groups in total. The monoisotopic (exact) mass is 423 g/mol. The summed E-state index contributed by atoms with van der Waals surface area (Å²) in [4.78, 5) is 19.4. The van der Waals surface area contributed by atoms with Gasteiger partial charge in [0.25, 0.3) is 0 Å². The van der Waals surface area contributed by atoms with Crippen molar-refractivity contribution in [1.29, 1.82) is 0 Å². The van der Waals surface area contributed by atoms with E-state index in [2.05, 4.69) is 17.1 Å². The Hall–Kier alpha value is -1.46. The first kappa shape index (κ1) is 19.8. The Morgan fingerprint density at radius 1 is 1.29 bits per heavy atom. The van der Waals surface area contributed by atoms with E-state index in [1.807, 2.05) is 0 Å². The first-order chi connectivity index (χ1) is 13.6. The van der Waals surface area contributed by atoms with Crippen molar-refractivity contribution < 1.29 is 9.53 Å². The normalized spacial score (nSPS) is 22.0. The summed E-state index contributed by atoms with van der Waals surface area (Å²) < 4.78 is 5.46. The molecule has 2 atom stereocenters. The number of benzene rings is 1. The third kappa shape index (κ3) is 3.84. The molecule has 4 rings (SSSR count). The highest BCUT2D eigenvalue weighted by Crippen LogP contribution is 2.48. The zero-order valence-electron chi connectivity index (χ0n) is 16.3. The molecule has 1 aromatic carbocycles. The molecule has 152 valence electrons. The molecule has 2 unspecified atom stereocenters. The second kappa shape index (κ2) is 8.50. The van der Waals surface area contributed by atoms with Gasteiger partial charge >= 0.3 is 6.09 Å². The number of amidine groups is 1. The topological polar surface area (TPSA) is 53.9 Å². The maximum absolute atomic E-state index is 12.2. The summed E-state index contributed by atoms with van der Waals surface area (Å²) in [5.41, 5.74) is 1.70. The predicted molar refractivity (Wildman–Crippen MR) is 113 cm³/mol. The van der Waals surface area contributed by atoms with Crippen LogP contribution in [0.4, 0.5) is 10.5 Å². The minimum absolute atomic E-state index is 0.230. The minimum atomic E-state index is -0.514. The molecule has 1 aromatic rings. The van der Waals surface area contributed by atoms with Gasteiger partial charge in [0.05, 0.1) is 15.7 Å². The van der Waals surface area contributed by atoms with Crippen molar-refractivity contribution in [2.75, 3.05) is 6.54 Å². The highest BCUT2D eigenvalue weighted by atomic mass is 35.5. The van der Waals surface area contributed by atoms with Gasteiger partial charge in [0.1, 0.15) is 5.84 Å². The number of halogens is 2. The molecular formula is C21H27Cl2N3O2. The van der Waals surface area contributed by atoms with Gasteiger partial charge in [0.2, 0.25) is 0 Å². The standard InChI is InChI=1S/C21H27Cl2N3O2/c1-2-3-4-5-6-9-24-21(27)28-19-16(22)11-17-15(18(19)23)12-26-14-8-7-13(10-14)20(26)25-17/h11,13-14H,2-10,12H2,1H3,(H,24,27). The number of hydrogen-bond donors (Lipinski definition) is 1.